The lowest BCUT2D eigenvalue weighted by atomic mass is 10.1. The molecule has 19 heavy (non-hydrogen) atoms. The maximum absolute atomic E-state index is 12.3. The number of hydrogen-bond donors (Lipinski definition) is 2. The van der Waals surface area contributed by atoms with E-state index in [1.165, 1.54) is 0 Å². The van der Waals surface area contributed by atoms with Crippen molar-refractivity contribution < 1.29 is 4.79 Å². The Hall–Kier alpha value is -1.81. The molecule has 0 aromatic heterocycles. The standard InChI is InChI=1S/C15H15BrN2O/c1-9-3-4-10(2)12(7-9)15(19)18-14-6-5-11(17)8-13(14)16/h3-8H,17H2,1-2H3,(H,18,19). The number of benzene rings is 2. The van der Waals surface area contributed by atoms with Gasteiger partial charge in [0.25, 0.3) is 5.91 Å². The van der Waals surface area contributed by atoms with E-state index in [0.29, 0.717) is 16.9 Å². The van der Waals surface area contributed by atoms with E-state index in [-0.39, 0.29) is 5.91 Å². The molecule has 2 aromatic carbocycles. The van der Waals surface area contributed by atoms with E-state index >= 15 is 0 Å². The third-order valence-corrected chi connectivity index (χ3v) is 3.54. The lowest BCUT2D eigenvalue weighted by Gasteiger charge is -2.10. The quantitative estimate of drug-likeness (QED) is 0.825. The summed E-state index contributed by atoms with van der Waals surface area (Å²) >= 11 is 3.39. The zero-order valence-electron chi connectivity index (χ0n) is 10.8. The first-order valence-electron chi connectivity index (χ1n) is 5.91. The van der Waals surface area contributed by atoms with Crippen LogP contribution in [0.15, 0.2) is 40.9 Å². The van der Waals surface area contributed by atoms with Crippen LogP contribution in [-0.2, 0) is 0 Å². The van der Waals surface area contributed by atoms with Crippen molar-refractivity contribution in [3.63, 3.8) is 0 Å². The van der Waals surface area contributed by atoms with Gasteiger partial charge in [0.1, 0.15) is 0 Å². The van der Waals surface area contributed by atoms with E-state index in [1.54, 1.807) is 18.2 Å². The molecule has 0 heterocycles. The van der Waals surface area contributed by atoms with Crippen molar-refractivity contribution in [3.05, 3.63) is 57.6 Å². The van der Waals surface area contributed by atoms with E-state index in [4.69, 9.17) is 5.73 Å². The highest BCUT2D eigenvalue weighted by Gasteiger charge is 2.11. The summed E-state index contributed by atoms with van der Waals surface area (Å²) in [5, 5.41) is 2.88. The molecule has 3 nitrogen and oxygen atoms in total. The number of aryl methyl sites for hydroxylation is 2. The molecule has 2 rings (SSSR count). The molecule has 2 aromatic rings. The molecule has 0 aliphatic rings. The zero-order valence-corrected chi connectivity index (χ0v) is 12.4. The van der Waals surface area contributed by atoms with E-state index in [2.05, 4.69) is 21.2 Å². The molecule has 98 valence electrons. The molecule has 0 aliphatic heterocycles. The predicted octanol–water partition coefficient (Wildman–Crippen LogP) is 3.90. The van der Waals surface area contributed by atoms with Crippen LogP contribution in [0, 0.1) is 13.8 Å². The summed E-state index contributed by atoms with van der Waals surface area (Å²) in [5.74, 6) is -0.119. The zero-order chi connectivity index (χ0) is 14.0. The molecule has 0 bridgehead atoms. The molecule has 4 heteroatoms. The van der Waals surface area contributed by atoms with Gasteiger partial charge in [0, 0.05) is 15.7 Å². The van der Waals surface area contributed by atoms with Gasteiger partial charge in [-0.2, -0.15) is 0 Å². The first-order valence-corrected chi connectivity index (χ1v) is 6.70. The second kappa shape index (κ2) is 5.45. The fourth-order valence-electron chi connectivity index (χ4n) is 1.80. The maximum atomic E-state index is 12.3. The Kier molecular flexibility index (Phi) is 3.90. The Morgan fingerprint density at radius 3 is 2.58 bits per heavy atom. The van der Waals surface area contributed by atoms with Crippen LogP contribution in [0.1, 0.15) is 21.5 Å². The molecule has 0 fully saturated rings. The SMILES string of the molecule is Cc1ccc(C)c(C(=O)Nc2ccc(N)cc2Br)c1. The minimum atomic E-state index is -0.119. The van der Waals surface area contributed by atoms with Crippen LogP contribution in [0.4, 0.5) is 11.4 Å². The number of carbonyl (C=O) groups excluding carboxylic acids is 1. The van der Waals surface area contributed by atoms with Gasteiger partial charge in [0.05, 0.1) is 5.69 Å². The topological polar surface area (TPSA) is 55.1 Å². The molecular formula is C15H15BrN2O. The van der Waals surface area contributed by atoms with Gasteiger partial charge in [-0.15, -0.1) is 0 Å². The van der Waals surface area contributed by atoms with E-state index in [1.807, 2.05) is 32.0 Å². The molecule has 0 unspecified atom stereocenters. The van der Waals surface area contributed by atoms with E-state index in [9.17, 15) is 4.79 Å². The molecule has 3 N–H and O–H groups in total. The lowest BCUT2D eigenvalue weighted by molar-refractivity contribution is 0.102. The van der Waals surface area contributed by atoms with Gasteiger partial charge in [-0.05, 0) is 59.6 Å². The van der Waals surface area contributed by atoms with Crippen LogP contribution in [0.3, 0.4) is 0 Å². The molecule has 0 atom stereocenters. The van der Waals surface area contributed by atoms with Crippen molar-refractivity contribution in [2.75, 3.05) is 11.1 Å². The van der Waals surface area contributed by atoms with Gasteiger partial charge in [-0.3, -0.25) is 4.79 Å². The van der Waals surface area contributed by atoms with E-state index < -0.39 is 0 Å². The summed E-state index contributed by atoms with van der Waals surface area (Å²) < 4.78 is 0.770. The second-order valence-corrected chi connectivity index (χ2v) is 5.37. The van der Waals surface area contributed by atoms with Crippen LogP contribution >= 0.6 is 15.9 Å². The van der Waals surface area contributed by atoms with Gasteiger partial charge >= 0.3 is 0 Å². The smallest absolute Gasteiger partial charge is 0.255 e. The molecule has 0 saturated carbocycles. The summed E-state index contributed by atoms with van der Waals surface area (Å²) in [7, 11) is 0. The Morgan fingerprint density at radius 1 is 1.16 bits per heavy atom. The lowest BCUT2D eigenvalue weighted by Crippen LogP contribution is -2.14. The molecule has 0 spiro atoms. The third kappa shape index (κ3) is 3.15. The van der Waals surface area contributed by atoms with Crippen LogP contribution < -0.4 is 11.1 Å². The number of carbonyl (C=O) groups is 1. The average Bonchev–Trinajstić information content (AvgIpc) is 2.35. The second-order valence-electron chi connectivity index (χ2n) is 4.51. The van der Waals surface area contributed by atoms with Crippen molar-refractivity contribution >= 4 is 33.2 Å². The number of nitrogens with two attached hydrogens (primary N) is 1. The molecule has 0 radical (unpaired) electrons. The number of rotatable bonds is 2. The number of nitrogen functional groups attached to an aromatic ring is 1. The van der Waals surface area contributed by atoms with E-state index in [0.717, 1.165) is 15.6 Å². The number of halogens is 1. The Labute approximate surface area is 121 Å². The minimum Gasteiger partial charge on any atom is -0.399 e. The monoisotopic (exact) mass is 318 g/mol. The highest BCUT2D eigenvalue weighted by molar-refractivity contribution is 9.10. The van der Waals surface area contributed by atoms with Crippen LogP contribution in [0.2, 0.25) is 0 Å². The van der Waals surface area contributed by atoms with Gasteiger partial charge in [-0.1, -0.05) is 17.7 Å². The first-order chi connectivity index (χ1) is 8.97. The van der Waals surface area contributed by atoms with Gasteiger partial charge in [0.2, 0.25) is 0 Å². The highest BCUT2D eigenvalue weighted by atomic mass is 79.9. The maximum Gasteiger partial charge on any atom is 0.255 e. The largest absolute Gasteiger partial charge is 0.399 e. The molecule has 0 saturated heterocycles. The van der Waals surface area contributed by atoms with Crippen LogP contribution in [-0.4, -0.2) is 5.91 Å². The molecule has 0 aliphatic carbocycles. The number of amides is 1. The van der Waals surface area contributed by atoms with Crippen molar-refractivity contribution in [2.24, 2.45) is 0 Å². The summed E-state index contributed by atoms with van der Waals surface area (Å²) in [5.41, 5.74) is 9.73. The average molecular weight is 319 g/mol. The minimum absolute atomic E-state index is 0.119. The Morgan fingerprint density at radius 2 is 1.89 bits per heavy atom. The summed E-state index contributed by atoms with van der Waals surface area (Å²) in [4.78, 5) is 12.3. The third-order valence-electron chi connectivity index (χ3n) is 2.88. The van der Waals surface area contributed by atoms with Crippen molar-refractivity contribution in [3.8, 4) is 0 Å². The summed E-state index contributed by atoms with van der Waals surface area (Å²) in [6, 6.07) is 11.1. The Bertz CT molecular complexity index is 638. The first kappa shape index (κ1) is 13.6. The normalized spacial score (nSPS) is 10.3. The highest BCUT2D eigenvalue weighted by Crippen LogP contribution is 2.25. The molecule has 1 amide bonds. The van der Waals surface area contributed by atoms with Gasteiger partial charge < -0.3 is 11.1 Å². The van der Waals surface area contributed by atoms with Gasteiger partial charge in [0.15, 0.2) is 0 Å². The summed E-state index contributed by atoms with van der Waals surface area (Å²) in [6.45, 7) is 3.89. The molecular weight excluding hydrogens is 304 g/mol. The number of nitrogens with one attached hydrogen (secondary N) is 1. The predicted molar refractivity (Wildman–Crippen MR) is 82.4 cm³/mol. The van der Waals surface area contributed by atoms with Crippen molar-refractivity contribution in [2.45, 2.75) is 13.8 Å². The van der Waals surface area contributed by atoms with Crippen LogP contribution in [0.5, 0.6) is 0 Å². The Balaban J connectivity index is 2.28. The fraction of sp³-hybridized carbons (Fsp3) is 0.133. The number of hydrogen-bond acceptors (Lipinski definition) is 2. The van der Waals surface area contributed by atoms with Gasteiger partial charge in [-0.25, -0.2) is 0 Å². The van der Waals surface area contributed by atoms with Crippen molar-refractivity contribution in [1.29, 1.82) is 0 Å². The van der Waals surface area contributed by atoms with Crippen LogP contribution in [0.25, 0.3) is 0 Å². The van der Waals surface area contributed by atoms with Crippen molar-refractivity contribution in [1.82, 2.24) is 0 Å². The number of anilines is 2. The summed E-state index contributed by atoms with van der Waals surface area (Å²) in [6.07, 6.45) is 0. The fourth-order valence-corrected chi connectivity index (χ4v) is 2.30.